The van der Waals surface area contributed by atoms with Crippen molar-refractivity contribution in [3.63, 3.8) is 0 Å². The molecule has 0 aliphatic heterocycles. The van der Waals surface area contributed by atoms with E-state index in [1.54, 1.807) is 10.9 Å². The molecule has 2 aromatic heterocycles. The van der Waals surface area contributed by atoms with Crippen molar-refractivity contribution in [3.8, 4) is 0 Å². The number of fused-ring (bicyclic) bond motifs is 1. The molecule has 0 saturated heterocycles. The molecule has 0 unspecified atom stereocenters. The Morgan fingerprint density at radius 3 is 2.95 bits per heavy atom. The highest BCUT2D eigenvalue weighted by Crippen LogP contribution is 2.34. The SMILES string of the molecule is O=C(NCCn1cccn1)c1sc2ccccc2c1Cl. The minimum atomic E-state index is -0.136. The maximum Gasteiger partial charge on any atom is 0.262 e. The van der Waals surface area contributed by atoms with Crippen molar-refractivity contribution in [1.29, 1.82) is 0 Å². The Balaban J connectivity index is 1.71. The van der Waals surface area contributed by atoms with Crippen LogP contribution in [0.15, 0.2) is 42.7 Å². The van der Waals surface area contributed by atoms with Gasteiger partial charge in [-0.2, -0.15) is 5.10 Å². The predicted molar refractivity (Wildman–Crippen MR) is 81.4 cm³/mol. The average Bonchev–Trinajstić information content (AvgIpc) is 3.08. The zero-order valence-electron chi connectivity index (χ0n) is 10.5. The molecule has 1 N–H and O–H groups in total. The van der Waals surface area contributed by atoms with E-state index in [1.165, 1.54) is 11.3 Å². The van der Waals surface area contributed by atoms with Crippen LogP contribution in [0.4, 0.5) is 0 Å². The summed E-state index contributed by atoms with van der Waals surface area (Å²) in [4.78, 5) is 12.7. The van der Waals surface area contributed by atoms with Gasteiger partial charge < -0.3 is 5.32 Å². The molecule has 1 amide bonds. The molecule has 0 saturated carbocycles. The van der Waals surface area contributed by atoms with Gasteiger partial charge in [-0.1, -0.05) is 29.8 Å². The van der Waals surface area contributed by atoms with Crippen LogP contribution in [-0.2, 0) is 6.54 Å². The summed E-state index contributed by atoms with van der Waals surface area (Å²) in [6, 6.07) is 9.60. The summed E-state index contributed by atoms with van der Waals surface area (Å²) in [5.41, 5.74) is 0. The first kappa shape index (κ1) is 13.1. The second kappa shape index (κ2) is 5.64. The Bertz CT molecular complexity index is 736. The number of nitrogens with one attached hydrogen (secondary N) is 1. The molecule has 6 heteroatoms. The van der Waals surface area contributed by atoms with Gasteiger partial charge in [-0.15, -0.1) is 11.3 Å². The summed E-state index contributed by atoms with van der Waals surface area (Å²) in [6.45, 7) is 1.16. The monoisotopic (exact) mass is 305 g/mol. The third-order valence-corrected chi connectivity index (χ3v) is 4.60. The standard InChI is InChI=1S/C14H12ClN3OS/c15-12-10-4-1-2-5-11(10)20-13(12)14(19)16-7-9-18-8-3-6-17-18/h1-6,8H,7,9H2,(H,16,19). The number of rotatable bonds is 4. The topological polar surface area (TPSA) is 46.9 Å². The van der Waals surface area contributed by atoms with Crippen LogP contribution < -0.4 is 5.32 Å². The largest absolute Gasteiger partial charge is 0.349 e. The molecule has 0 aliphatic rings. The number of thiophene rings is 1. The van der Waals surface area contributed by atoms with E-state index in [-0.39, 0.29) is 5.91 Å². The van der Waals surface area contributed by atoms with E-state index < -0.39 is 0 Å². The number of halogens is 1. The lowest BCUT2D eigenvalue weighted by molar-refractivity contribution is 0.0956. The molecule has 3 aromatic rings. The molecule has 1 aromatic carbocycles. The van der Waals surface area contributed by atoms with Crippen molar-refractivity contribution in [2.75, 3.05) is 6.54 Å². The Hall–Kier alpha value is -1.85. The third kappa shape index (κ3) is 2.55. The van der Waals surface area contributed by atoms with Crippen molar-refractivity contribution >= 4 is 38.9 Å². The van der Waals surface area contributed by atoms with Crippen LogP contribution in [-0.4, -0.2) is 22.2 Å². The van der Waals surface area contributed by atoms with Gasteiger partial charge in [0.2, 0.25) is 0 Å². The first-order valence-electron chi connectivity index (χ1n) is 6.18. The number of carbonyl (C=O) groups is 1. The van der Waals surface area contributed by atoms with E-state index in [2.05, 4.69) is 10.4 Å². The van der Waals surface area contributed by atoms with Crippen molar-refractivity contribution in [1.82, 2.24) is 15.1 Å². The van der Waals surface area contributed by atoms with Gasteiger partial charge in [0.05, 0.1) is 11.6 Å². The molecule has 0 fully saturated rings. The highest BCUT2D eigenvalue weighted by Gasteiger charge is 2.16. The molecule has 0 spiro atoms. The Labute approximate surface area is 125 Å². The van der Waals surface area contributed by atoms with Gasteiger partial charge in [0.1, 0.15) is 4.88 Å². The predicted octanol–water partition coefficient (Wildman–Crippen LogP) is 3.18. The van der Waals surface area contributed by atoms with E-state index in [0.29, 0.717) is 23.0 Å². The first-order valence-corrected chi connectivity index (χ1v) is 7.38. The van der Waals surface area contributed by atoms with Gasteiger partial charge in [0, 0.05) is 29.0 Å². The maximum atomic E-state index is 12.1. The number of benzene rings is 1. The number of nitrogens with zero attached hydrogens (tertiary/aromatic N) is 2. The van der Waals surface area contributed by atoms with Crippen molar-refractivity contribution in [2.24, 2.45) is 0 Å². The summed E-state index contributed by atoms with van der Waals surface area (Å²) in [6.07, 6.45) is 3.57. The van der Waals surface area contributed by atoms with Crippen LogP contribution >= 0.6 is 22.9 Å². The molecule has 102 valence electrons. The van der Waals surface area contributed by atoms with Crippen molar-refractivity contribution in [2.45, 2.75) is 6.54 Å². The van der Waals surface area contributed by atoms with Gasteiger partial charge in [0.25, 0.3) is 5.91 Å². The summed E-state index contributed by atoms with van der Waals surface area (Å²) in [7, 11) is 0. The molecular weight excluding hydrogens is 294 g/mol. The minimum Gasteiger partial charge on any atom is -0.349 e. The average molecular weight is 306 g/mol. The van der Waals surface area contributed by atoms with Gasteiger partial charge >= 0.3 is 0 Å². The van der Waals surface area contributed by atoms with Gasteiger partial charge in [-0.3, -0.25) is 9.48 Å². The highest BCUT2D eigenvalue weighted by molar-refractivity contribution is 7.21. The molecule has 0 atom stereocenters. The van der Waals surface area contributed by atoms with Crippen molar-refractivity contribution in [3.05, 3.63) is 52.6 Å². The molecule has 20 heavy (non-hydrogen) atoms. The summed E-state index contributed by atoms with van der Waals surface area (Å²) in [5.74, 6) is -0.136. The first-order chi connectivity index (χ1) is 9.75. The fourth-order valence-electron chi connectivity index (χ4n) is 1.96. The summed E-state index contributed by atoms with van der Waals surface area (Å²) in [5, 5.41) is 8.40. The van der Waals surface area contributed by atoms with Gasteiger partial charge in [0.15, 0.2) is 0 Å². The summed E-state index contributed by atoms with van der Waals surface area (Å²) >= 11 is 7.68. The smallest absolute Gasteiger partial charge is 0.262 e. The van der Waals surface area contributed by atoms with Crippen LogP contribution in [0.2, 0.25) is 5.02 Å². The zero-order chi connectivity index (χ0) is 13.9. The molecule has 0 bridgehead atoms. The second-order valence-corrected chi connectivity index (χ2v) is 5.70. The van der Waals surface area contributed by atoms with Crippen LogP contribution in [0.1, 0.15) is 9.67 Å². The zero-order valence-corrected chi connectivity index (χ0v) is 12.1. The maximum absolute atomic E-state index is 12.1. The lowest BCUT2D eigenvalue weighted by Gasteiger charge is -2.04. The molecule has 0 radical (unpaired) electrons. The molecule has 4 nitrogen and oxygen atoms in total. The second-order valence-electron chi connectivity index (χ2n) is 4.27. The number of hydrogen-bond donors (Lipinski definition) is 1. The Morgan fingerprint density at radius 1 is 1.35 bits per heavy atom. The number of aromatic nitrogens is 2. The van der Waals surface area contributed by atoms with E-state index in [1.807, 2.05) is 36.5 Å². The number of carbonyl (C=O) groups excluding carboxylic acids is 1. The van der Waals surface area contributed by atoms with Crippen LogP contribution in [0.3, 0.4) is 0 Å². The van der Waals surface area contributed by atoms with Crippen molar-refractivity contribution < 1.29 is 4.79 Å². The normalized spacial score (nSPS) is 10.8. The number of hydrogen-bond acceptors (Lipinski definition) is 3. The van der Waals surface area contributed by atoms with Crippen LogP contribution in [0.5, 0.6) is 0 Å². The number of amides is 1. The fraction of sp³-hybridized carbons (Fsp3) is 0.143. The third-order valence-electron chi connectivity index (χ3n) is 2.93. The molecule has 2 heterocycles. The van der Waals surface area contributed by atoms with E-state index in [4.69, 9.17) is 11.6 Å². The van der Waals surface area contributed by atoms with Crippen LogP contribution in [0.25, 0.3) is 10.1 Å². The van der Waals surface area contributed by atoms with Gasteiger partial charge in [-0.25, -0.2) is 0 Å². The lowest BCUT2D eigenvalue weighted by atomic mass is 10.2. The Kier molecular flexibility index (Phi) is 3.71. The fourth-order valence-corrected chi connectivity index (χ4v) is 3.39. The highest BCUT2D eigenvalue weighted by atomic mass is 35.5. The van der Waals surface area contributed by atoms with Gasteiger partial charge in [-0.05, 0) is 12.1 Å². The molecule has 3 rings (SSSR count). The summed E-state index contributed by atoms with van der Waals surface area (Å²) < 4.78 is 2.79. The quantitative estimate of drug-likeness (QED) is 0.804. The van der Waals surface area contributed by atoms with E-state index in [0.717, 1.165) is 10.1 Å². The lowest BCUT2D eigenvalue weighted by Crippen LogP contribution is -2.26. The van der Waals surface area contributed by atoms with E-state index in [9.17, 15) is 4.79 Å². The van der Waals surface area contributed by atoms with Crippen LogP contribution in [0, 0.1) is 0 Å². The molecule has 0 aliphatic carbocycles. The minimum absolute atomic E-state index is 0.136. The van der Waals surface area contributed by atoms with E-state index >= 15 is 0 Å². The molecular formula is C14H12ClN3OS. The Morgan fingerprint density at radius 2 is 2.20 bits per heavy atom.